The van der Waals surface area contributed by atoms with Crippen LogP contribution < -0.4 is 10.2 Å². The molecule has 0 saturated heterocycles. The van der Waals surface area contributed by atoms with Gasteiger partial charge in [0.1, 0.15) is 6.04 Å². The predicted octanol–water partition coefficient (Wildman–Crippen LogP) is 3.72. The lowest BCUT2D eigenvalue weighted by molar-refractivity contribution is -0.149. The monoisotopic (exact) mass is 470 g/mol. The molecular formula is C28H26N2O5. The second-order valence-electron chi connectivity index (χ2n) is 8.26. The van der Waals surface area contributed by atoms with Crippen molar-refractivity contribution in [3.05, 3.63) is 119 Å². The first-order valence-corrected chi connectivity index (χ1v) is 11.2. The van der Waals surface area contributed by atoms with Gasteiger partial charge in [0.25, 0.3) is 0 Å². The largest absolute Gasteiger partial charge is 0.492 e. The first kappa shape index (κ1) is 23.6. The van der Waals surface area contributed by atoms with Crippen LogP contribution in [-0.4, -0.2) is 32.9 Å². The second kappa shape index (κ2) is 10.6. The zero-order chi connectivity index (χ0) is 24.8. The van der Waals surface area contributed by atoms with E-state index < -0.39 is 29.7 Å². The maximum Gasteiger partial charge on any atom is 0.355 e. The molecule has 0 spiro atoms. The van der Waals surface area contributed by atoms with Gasteiger partial charge in [0.05, 0.1) is 5.92 Å². The van der Waals surface area contributed by atoms with Gasteiger partial charge in [-0.3, -0.25) is 4.79 Å². The number of aryl methyl sites for hydroxylation is 1. The third-order valence-corrected chi connectivity index (χ3v) is 5.63. The van der Waals surface area contributed by atoms with Gasteiger partial charge in [-0.05, 0) is 23.6 Å². The summed E-state index contributed by atoms with van der Waals surface area (Å²) in [7, 11) is 0. The summed E-state index contributed by atoms with van der Waals surface area (Å²) in [4.78, 5) is 32.0. The van der Waals surface area contributed by atoms with Crippen molar-refractivity contribution in [3.8, 4) is 11.8 Å². The normalized spacial score (nSPS) is 11.7. The number of carbonyl (C=O) groups excluding carboxylic acids is 2. The van der Waals surface area contributed by atoms with E-state index in [4.69, 9.17) is 4.84 Å². The third kappa shape index (κ3) is 5.70. The van der Waals surface area contributed by atoms with Crippen molar-refractivity contribution in [2.24, 2.45) is 0 Å². The van der Waals surface area contributed by atoms with Crippen LogP contribution >= 0.6 is 0 Å². The number of aromatic nitrogens is 1. The molecule has 1 amide bonds. The van der Waals surface area contributed by atoms with Crippen LogP contribution in [0.4, 0.5) is 0 Å². The summed E-state index contributed by atoms with van der Waals surface area (Å²) in [5.74, 6) is -2.75. The molecule has 7 heteroatoms. The molecule has 0 radical (unpaired) electrons. The minimum atomic E-state index is -1.08. The van der Waals surface area contributed by atoms with E-state index in [1.807, 2.05) is 91.9 Å². The number of amides is 1. The Hall–Kier alpha value is -4.52. The molecule has 1 aromatic heterocycles. The second-order valence-corrected chi connectivity index (χ2v) is 8.26. The molecule has 178 valence electrons. The van der Waals surface area contributed by atoms with Gasteiger partial charge in [0.15, 0.2) is 0 Å². The number of rotatable bonds is 8. The van der Waals surface area contributed by atoms with E-state index in [-0.39, 0.29) is 12.3 Å². The first-order valence-electron chi connectivity index (χ1n) is 11.2. The molecule has 0 aliphatic heterocycles. The Kier molecular flexibility index (Phi) is 7.16. The average molecular weight is 471 g/mol. The standard InChI is InChI=1S/C28H26N2O5/c1-19-9-8-10-20(17-19)18-23(28(34)35-30-24(31)15-16-25(30)32)29-27(33)26(21-11-4-2-5-12-21)22-13-6-3-7-14-22/h2-17,23,26,31-32H,18H2,1H3,(H,29,33)/t23-/m0/s1. The Labute approximate surface area is 203 Å². The summed E-state index contributed by atoms with van der Waals surface area (Å²) >= 11 is 0. The summed E-state index contributed by atoms with van der Waals surface area (Å²) in [6.07, 6.45) is 0.158. The minimum Gasteiger partial charge on any atom is -0.492 e. The smallest absolute Gasteiger partial charge is 0.355 e. The van der Waals surface area contributed by atoms with Crippen molar-refractivity contribution in [3.63, 3.8) is 0 Å². The van der Waals surface area contributed by atoms with Crippen LogP contribution in [0.2, 0.25) is 0 Å². The van der Waals surface area contributed by atoms with Gasteiger partial charge in [-0.1, -0.05) is 90.5 Å². The van der Waals surface area contributed by atoms with E-state index in [1.54, 1.807) is 0 Å². The van der Waals surface area contributed by atoms with E-state index in [9.17, 15) is 19.8 Å². The molecule has 4 rings (SSSR count). The molecule has 3 aromatic carbocycles. The Morgan fingerprint density at radius 1 is 0.829 bits per heavy atom. The zero-order valence-corrected chi connectivity index (χ0v) is 19.2. The Morgan fingerprint density at radius 2 is 1.40 bits per heavy atom. The van der Waals surface area contributed by atoms with Crippen LogP contribution in [-0.2, 0) is 16.0 Å². The van der Waals surface area contributed by atoms with E-state index in [2.05, 4.69) is 5.32 Å². The molecule has 4 aromatic rings. The number of benzene rings is 3. The van der Waals surface area contributed by atoms with E-state index >= 15 is 0 Å². The fraction of sp³-hybridized carbons (Fsp3) is 0.143. The van der Waals surface area contributed by atoms with Crippen molar-refractivity contribution in [2.45, 2.75) is 25.3 Å². The summed E-state index contributed by atoms with van der Waals surface area (Å²) in [6.45, 7) is 1.94. The molecule has 0 aliphatic rings. The average Bonchev–Trinajstić information content (AvgIpc) is 3.17. The lowest BCUT2D eigenvalue weighted by atomic mass is 9.90. The molecule has 0 aliphatic carbocycles. The summed E-state index contributed by atoms with van der Waals surface area (Å²) in [5.41, 5.74) is 3.39. The fourth-order valence-electron chi connectivity index (χ4n) is 3.96. The van der Waals surface area contributed by atoms with Gasteiger partial charge in [-0.15, -0.1) is 4.73 Å². The zero-order valence-electron chi connectivity index (χ0n) is 19.2. The number of hydrogen-bond donors (Lipinski definition) is 3. The Morgan fingerprint density at radius 3 is 1.94 bits per heavy atom. The van der Waals surface area contributed by atoms with Gasteiger partial charge < -0.3 is 20.4 Å². The highest BCUT2D eigenvalue weighted by atomic mass is 16.7. The lowest BCUT2D eigenvalue weighted by Crippen LogP contribution is -2.47. The van der Waals surface area contributed by atoms with Crippen molar-refractivity contribution in [2.75, 3.05) is 0 Å². The van der Waals surface area contributed by atoms with Crippen LogP contribution in [0.3, 0.4) is 0 Å². The van der Waals surface area contributed by atoms with Gasteiger partial charge in [-0.2, -0.15) is 0 Å². The van der Waals surface area contributed by atoms with Gasteiger partial charge >= 0.3 is 5.97 Å². The van der Waals surface area contributed by atoms with E-state index in [1.165, 1.54) is 12.1 Å². The Bertz CT molecular complexity index is 1240. The molecule has 35 heavy (non-hydrogen) atoms. The van der Waals surface area contributed by atoms with Crippen molar-refractivity contribution >= 4 is 11.9 Å². The lowest BCUT2D eigenvalue weighted by Gasteiger charge is -2.23. The SMILES string of the molecule is Cc1cccc(C[C@H](NC(=O)C(c2ccccc2)c2ccccc2)C(=O)On2c(O)ccc2O)c1. The predicted molar refractivity (Wildman–Crippen MR) is 131 cm³/mol. The summed E-state index contributed by atoms with van der Waals surface area (Å²) in [5, 5.41) is 22.6. The maximum atomic E-state index is 13.6. The number of nitrogens with one attached hydrogen (secondary N) is 1. The van der Waals surface area contributed by atoms with Crippen LogP contribution in [0, 0.1) is 6.92 Å². The van der Waals surface area contributed by atoms with Crippen molar-refractivity contribution < 1.29 is 24.6 Å². The minimum absolute atomic E-state index is 0.158. The van der Waals surface area contributed by atoms with E-state index in [0.29, 0.717) is 4.73 Å². The van der Waals surface area contributed by atoms with Gasteiger partial charge in [0.2, 0.25) is 17.7 Å². The third-order valence-electron chi connectivity index (χ3n) is 5.63. The molecule has 3 N–H and O–H groups in total. The van der Waals surface area contributed by atoms with Gasteiger partial charge in [0, 0.05) is 18.6 Å². The molecule has 0 saturated carbocycles. The number of nitrogens with zero attached hydrogens (tertiary/aromatic N) is 1. The van der Waals surface area contributed by atoms with Gasteiger partial charge in [-0.25, -0.2) is 4.79 Å². The molecule has 1 heterocycles. The fourth-order valence-corrected chi connectivity index (χ4v) is 3.96. The van der Waals surface area contributed by atoms with Crippen molar-refractivity contribution in [1.29, 1.82) is 0 Å². The van der Waals surface area contributed by atoms with Crippen molar-refractivity contribution in [1.82, 2.24) is 10.0 Å². The molecule has 7 nitrogen and oxygen atoms in total. The number of carbonyl (C=O) groups is 2. The molecular weight excluding hydrogens is 444 g/mol. The van der Waals surface area contributed by atoms with Crippen LogP contribution in [0.25, 0.3) is 0 Å². The van der Waals surface area contributed by atoms with Crippen LogP contribution in [0.15, 0.2) is 97.1 Å². The first-order chi connectivity index (χ1) is 16.9. The highest BCUT2D eigenvalue weighted by Gasteiger charge is 2.30. The highest BCUT2D eigenvalue weighted by molar-refractivity contribution is 5.91. The Balaban J connectivity index is 1.65. The quantitative estimate of drug-likeness (QED) is 0.364. The highest BCUT2D eigenvalue weighted by Crippen LogP contribution is 2.25. The van der Waals surface area contributed by atoms with E-state index in [0.717, 1.165) is 22.3 Å². The number of aromatic hydroxyl groups is 2. The maximum absolute atomic E-state index is 13.6. The van der Waals surface area contributed by atoms with Crippen LogP contribution in [0.5, 0.6) is 11.8 Å². The number of hydrogen-bond acceptors (Lipinski definition) is 5. The molecule has 0 fully saturated rings. The molecule has 0 unspecified atom stereocenters. The molecule has 1 atom stereocenters. The molecule has 0 bridgehead atoms. The summed E-state index contributed by atoms with van der Waals surface area (Å²) < 4.78 is 0.615. The van der Waals surface area contributed by atoms with Crippen LogP contribution in [0.1, 0.15) is 28.2 Å². The summed E-state index contributed by atoms with van der Waals surface area (Å²) in [6, 6.07) is 27.5. The topological polar surface area (TPSA) is 101 Å².